The molecule has 86 valence electrons. The zero-order valence-corrected chi connectivity index (χ0v) is 9.38. The summed E-state index contributed by atoms with van der Waals surface area (Å²) in [7, 11) is 0. The molecule has 4 heteroatoms. The minimum atomic E-state index is -0.00123. The Bertz CT molecular complexity index is 327. The number of aliphatic imine (C=N–C) groups is 1. The number of carbonyl (C=O) groups is 1. The topological polar surface area (TPSA) is 35.9 Å². The monoisotopic (exact) mass is 219 g/mol. The van der Waals surface area contributed by atoms with Crippen LogP contribution >= 0.6 is 0 Å². The van der Waals surface area contributed by atoms with Crippen molar-refractivity contribution in [3.63, 3.8) is 0 Å². The first-order chi connectivity index (χ1) is 7.86. The summed E-state index contributed by atoms with van der Waals surface area (Å²) in [6.45, 7) is 2.75. The maximum atomic E-state index is 11.7. The highest BCUT2D eigenvalue weighted by atomic mass is 16.2. The largest absolute Gasteiger partial charge is 0.377 e. The van der Waals surface area contributed by atoms with Crippen LogP contribution in [0.2, 0.25) is 0 Å². The molecule has 0 unspecified atom stereocenters. The lowest BCUT2D eigenvalue weighted by Gasteiger charge is -2.25. The number of carbonyl (C=O) groups excluding carboxylic acids is 1. The first-order valence-corrected chi connectivity index (χ1v) is 5.77. The van der Waals surface area contributed by atoms with Crippen LogP contribution in [0, 0.1) is 0 Å². The lowest BCUT2D eigenvalue weighted by Crippen LogP contribution is -2.30. The highest BCUT2D eigenvalue weighted by Crippen LogP contribution is 2.08. The normalized spacial score (nSPS) is 20.8. The van der Waals surface area contributed by atoms with Gasteiger partial charge in [0.15, 0.2) is 0 Å². The Hall–Kier alpha value is -1.58. The molecule has 1 saturated heterocycles. The van der Waals surface area contributed by atoms with Crippen LogP contribution in [0.4, 0.5) is 0 Å². The predicted molar refractivity (Wildman–Crippen MR) is 63.9 cm³/mol. The molecule has 2 aliphatic rings. The number of hydrogen-bond acceptors (Lipinski definition) is 3. The number of nitrogens with zero attached hydrogens (tertiary/aromatic N) is 3. The molecule has 0 saturated carbocycles. The Morgan fingerprint density at radius 3 is 2.75 bits per heavy atom. The molecule has 2 heterocycles. The molecule has 0 atom stereocenters. The molecule has 0 N–H and O–H groups in total. The Morgan fingerprint density at radius 2 is 2.06 bits per heavy atom. The van der Waals surface area contributed by atoms with Crippen molar-refractivity contribution in [1.82, 2.24) is 9.80 Å². The van der Waals surface area contributed by atoms with Crippen LogP contribution in [-0.4, -0.2) is 41.7 Å². The molecule has 0 aromatic rings. The lowest BCUT2D eigenvalue weighted by atomic mass is 10.1. The summed E-state index contributed by atoms with van der Waals surface area (Å²) < 4.78 is 0. The van der Waals surface area contributed by atoms with Gasteiger partial charge in [0.25, 0.3) is 5.91 Å². The zero-order valence-electron chi connectivity index (χ0n) is 9.38. The van der Waals surface area contributed by atoms with E-state index in [1.54, 1.807) is 23.5 Å². The van der Waals surface area contributed by atoms with E-state index in [2.05, 4.69) is 9.89 Å². The molecule has 1 amide bonds. The van der Waals surface area contributed by atoms with Gasteiger partial charge in [-0.1, -0.05) is 0 Å². The van der Waals surface area contributed by atoms with Crippen molar-refractivity contribution >= 4 is 12.2 Å². The van der Waals surface area contributed by atoms with Crippen molar-refractivity contribution in [1.29, 1.82) is 0 Å². The quantitative estimate of drug-likeness (QED) is 0.658. The summed E-state index contributed by atoms with van der Waals surface area (Å²) >= 11 is 0. The van der Waals surface area contributed by atoms with Gasteiger partial charge in [0.05, 0.1) is 6.34 Å². The first-order valence-electron chi connectivity index (χ1n) is 5.77. The van der Waals surface area contributed by atoms with Crippen molar-refractivity contribution in [3.8, 4) is 0 Å². The van der Waals surface area contributed by atoms with E-state index >= 15 is 0 Å². The van der Waals surface area contributed by atoms with Crippen molar-refractivity contribution < 1.29 is 4.79 Å². The fraction of sp³-hybridized carbons (Fsp3) is 0.500. The molecule has 0 aromatic carbocycles. The fourth-order valence-electron chi connectivity index (χ4n) is 1.87. The van der Waals surface area contributed by atoms with E-state index in [1.807, 2.05) is 12.3 Å². The third-order valence-electron chi connectivity index (χ3n) is 2.80. The zero-order chi connectivity index (χ0) is 11.2. The van der Waals surface area contributed by atoms with Gasteiger partial charge >= 0.3 is 0 Å². The van der Waals surface area contributed by atoms with Crippen molar-refractivity contribution in [2.75, 3.05) is 19.6 Å². The first kappa shape index (κ1) is 10.9. The van der Waals surface area contributed by atoms with E-state index in [1.165, 1.54) is 19.3 Å². The number of amides is 1. The number of rotatable bonds is 2. The molecule has 0 aromatic heterocycles. The van der Waals surface area contributed by atoms with Crippen LogP contribution in [0.15, 0.2) is 29.5 Å². The predicted octanol–water partition coefficient (Wildman–Crippen LogP) is 1.37. The van der Waals surface area contributed by atoms with E-state index in [4.69, 9.17) is 0 Å². The van der Waals surface area contributed by atoms with Crippen LogP contribution in [-0.2, 0) is 4.79 Å². The molecule has 0 radical (unpaired) electrons. The van der Waals surface area contributed by atoms with Crippen LogP contribution in [0.25, 0.3) is 0 Å². The van der Waals surface area contributed by atoms with Crippen LogP contribution < -0.4 is 0 Å². The molecular formula is C12H17N3O. The number of hydrogen-bond donors (Lipinski definition) is 0. The van der Waals surface area contributed by atoms with Gasteiger partial charge in [-0.3, -0.25) is 9.69 Å². The second kappa shape index (κ2) is 5.49. The van der Waals surface area contributed by atoms with Crippen molar-refractivity contribution in [3.05, 3.63) is 24.6 Å². The Labute approximate surface area is 95.9 Å². The molecule has 1 fully saturated rings. The highest BCUT2D eigenvalue weighted by molar-refractivity contribution is 5.96. The Kier molecular flexibility index (Phi) is 3.75. The van der Waals surface area contributed by atoms with Gasteiger partial charge in [-0.15, -0.1) is 0 Å². The summed E-state index contributed by atoms with van der Waals surface area (Å²) in [5.41, 5.74) is 0. The summed E-state index contributed by atoms with van der Waals surface area (Å²) in [6, 6.07) is 0. The van der Waals surface area contributed by atoms with E-state index < -0.39 is 0 Å². The summed E-state index contributed by atoms with van der Waals surface area (Å²) in [4.78, 5) is 19.5. The van der Waals surface area contributed by atoms with Crippen molar-refractivity contribution in [2.45, 2.75) is 19.3 Å². The van der Waals surface area contributed by atoms with Gasteiger partial charge in [0.2, 0.25) is 0 Å². The minimum absolute atomic E-state index is 0.00123. The maximum absolute atomic E-state index is 11.7. The second-order valence-corrected chi connectivity index (χ2v) is 4.05. The third-order valence-corrected chi connectivity index (χ3v) is 2.80. The van der Waals surface area contributed by atoms with Gasteiger partial charge in [0.1, 0.15) is 0 Å². The van der Waals surface area contributed by atoms with Crippen LogP contribution in [0.5, 0.6) is 0 Å². The molecule has 4 nitrogen and oxygen atoms in total. The van der Waals surface area contributed by atoms with Crippen LogP contribution in [0.1, 0.15) is 19.3 Å². The molecule has 0 spiro atoms. The Morgan fingerprint density at radius 1 is 1.25 bits per heavy atom. The number of likely N-dealkylation sites (tertiary alicyclic amines) is 1. The molecule has 2 rings (SSSR count). The highest BCUT2D eigenvalue weighted by Gasteiger charge is 2.09. The lowest BCUT2D eigenvalue weighted by molar-refractivity contribution is -0.121. The van der Waals surface area contributed by atoms with Gasteiger partial charge in [-0.05, 0) is 25.3 Å². The van der Waals surface area contributed by atoms with E-state index in [0.717, 1.165) is 13.1 Å². The SMILES string of the molecule is O=C(C=CN1CCCCC1)N1C=NC=CC1. The minimum Gasteiger partial charge on any atom is -0.377 e. The fourth-order valence-corrected chi connectivity index (χ4v) is 1.87. The van der Waals surface area contributed by atoms with E-state index in [0.29, 0.717) is 6.54 Å². The van der Waals surface area contributed by atoms with E-state index in [-0.39, 0.29) is 5.91 Å². The summed E-state index contributed by atoms with van der Waals surface area (Å²) in [5.74, 6) is -0.00123. The van der Waals surface area contributed by atoms with E-state index in [9.17, 15) is 4.79 Å². The third kappa shape index (κ3) is 2.95. The van der Waals surface area contributed by atoms with Crippen molar-refractivity contribution in [2.24, 2.45) is 4.99 Å². The van der Waals surface area contributed by atoms with Gasteiger partial charge < -0.3 is 4.90 Å². The Balaban J connectivity index is 1.83. The summed E-state index contributed by atoms with van der Waals surface area (Å²) in [6.07, 6.45) is 12.5. The van der Waals surface area contributed by atoms with Gasteiger partial charge in [-0.25, -0.2) is 4.99 Å². The average Bonchev–Trinajstić information content (AvgIpc) is 2.38. The molecule has 0 bridgehead atoms. The molecular weight excluding hydrogens is 202 g/mol. The second-order valence-electron chi connectivity index (χ2n) is 4.05. The van der Waals surface area contributed by atoms with Gasteiger partial charge in [0, 0.05) is 38.1 Å². The summed E-state index contributed by atoms with van der Waals surface area (Å²) in [5, 5.41) is 0. The smallest absolute Gasteiger partial charge is 0.253 e. The molecule has 16 heavy (non-hydrogen) atoms. The van der Waals surface area contributed by atoms with Gasteiger partial charge in [-0.2, -0.15) is 0 Å². The number of piperidine rings is 1. The van der Waals surface area contributed by atoms with Crippen LogP contribution in [0.3, 0.4) is 0 Å². The maximum Gasteiger partial charge on any atom is 0.253 e. The molecule has 2 aliphatic heterocycles. The average molecular weight is 219 g/mol. The molecule has 0 aliphatic carbocycles. The standard InChI is InChI=1S/C12H17N3O/c16-12(15-9-4-6-13-11-15)5-10-14-7-2-1-3-8-14/h4-6,10-11H,1-3,7-9H2.